The Bertz CT molecular complexity index is 754. The first kappa shape index (κ1) is 12.2. The van der Waals surface area contributed by atoms with Gasteiger partial charge in [-0.15, -0.1) is 0 Å². The van der Waals surface area contributed by atoms with E-state index >= 15 is 0 Å². The summed E-state index contributed by atoms with van der Waals surface area (Å²) in [5.74, 6) is 1.24. The number of hydrogen-bond acceptors (Lipinski definition) is 6. The van der Waals surface area contributed by atoms with Crippen LogP contribution in [0.2, 0.25) is 0 Å². The lowest BCUT2D eigenvalue weighted by molar-refractivity contribution is 0.415. The maximum Gasteiger partial charge on any atom is 0.204 e. The summed E-state index contributed by atoms with van der Waals surface area (Å²) in [6, 6.07) is 7.88. The van der Waals surface area contributed by atoms with Gasteiger partial charge in [-0.05, 0) is 17.5 Å². The molecular formula is C14H13N5O. The van der Waals surface area contributed by atoms with Crippen LogP contribution in [0, 0.1) is 0 Å². The van der Waals surface area contributed by atoms with Crippen LogP contribution in [0.4, 0.5) is 17.3 Å². The van der Waals surface area contributed by atoms with Gasteiger partial charge in [-0.1, -0.05) is 12.1 Å². The average Bonchev–Trinajstić information content (AvgIpc) is 2.48. The summed E-state index contributed by atoms with van der Waals surface area (Å²) in [4.78, 5) is 12.2. The second kappa shape index (κ2) is 5.00. The lowest BCUT2D eigenvalue weighted by Crippen LogP contribution is -2.03. The van der Waals surface area contributed by atoms with E-state index in [-0.39, 0.29) is 0 Å². The molecule has 0 aliphatic carbocycles. The van der Waals surface area contributed by atoms with E-state index in [0.29, 0.717) is 17.4 Å². The van der Waals surface area contributed by atoms with E-state index in [1.807, 2.05) is 24.3 Å². The minimum Gasteiger partial charge on any atom is -0.490 e. The van der Waals surface area contributed by atoms with E-state index in [9.17, 15) is 0 Å². The molecule has 20 heavy (non-hydrogen) atoms. The number of nitrogen functional groups attached to an aromatic ring is 1. The number of aromatic nitrogens is 3. The Labute approximate surface area is 115 Å². The van der Waals surface area contributed by atoms with E-state index in [1.54, 1.807) is 12.4 Å². The summed E-state index contributed by atoms with van der Waals surface area (Å²) in [5.41, 5.74) is 6.65. The molecule has 0 spiro atoms. The molecule has 0 fully saturated rings. The summed E-state index contributed by atoms with van der Waals surface area (Å²) in [7, 11) is 1.53. The number of anilines is 3. The van der Waals surface area contributed by atoms with Gasteiger partial charge in [-0.3, -0.25) is 4.98 Å². The molecule has 0 aliphatic rings. The fourth-order valence-corrected chi connectivity index (χ4v) is 2.03. The third-order valence-corrected chi connectivity index (χ3v) is 2.97. The molecule has 0 unspecified atom stereocenters. The zero-order valence-electron chi connectivity index (χ0n) is 10.9. The zero-order valence-corrected chi connectivity index (χ0v) is 10.9. The molecule has 0 radical (unpaired) electrons. The Morgan fingerprint density at radius 3 is 2.95 bits per heavy atom. The number of benzene rings is 1. The molecule has 6 heteroatoms. The first-order valence-corrected chi connectivity index (χ1v) is 6.04. The number of pyridine rings is 1. The predicted molar refractivity (Wildman–Crippen MR) is 78.0 cm³/mol. The highest BCUT2D eigenvalue weighted by Gasteiger charge is 2.10. The molecule has 0 aliphatic heterocycles. The normalized spacial score (nSPS) is 10.4. The van der Waals surface area contributed by atoms with E-state index in [2.05, 4.69) is 20.3 Å². The highest BCUT2D eigenvalue weighted by Crippen LogP contribution is 2.31. The lowest BCUT2D eigenvalue weighted by atomic mass is 10.1. The monoisotopic (exact) mass is 267 g/mol. The van der Waals surface area contributed by atoms with Gasteiger partial charge in [0.15, 0.2) is 11.6 Å². The molecule has 3 aromatic rings. The molecule has 6 nitrogen and oxygen atoms in total. The summed E-state index contributed by atoms with van der Waals surface area (Å²) >= 11 is 0. The maximum atomic E-state index is 5.77. The minimum absolute atomic E-state index is 0.295. The van der Waals surface area contributed by atoms with Gasteiger partial charge in [0.05, 0.1) is 7.11 Å². The van der Waals surface area contributed by atoms with Crippen molar-refractivity contribution in [2.45, 2.75) is 0 Å². The molecule has 3 N–H and O–H groups in total. The van der Waals surface area contributed by atoms with Gasteiger partial charge in [-0.25, -0.2) is 9.97 Å². The van der Waals surface area contributed by atoms with E-state index in [4.69, 9.17) is 10.5 Å². The first-order chi connectivity index (χ1) is 9.79. The number of fused-ring (bicyclic) bond motifs is 1. The number of hydrogen-bond donors (Lipinski definition) is 2. The molecule has 2 heterocycles. The Morgan fingerprint density at radius 1 is 1.20 bits per heavy atom. The second-order valence-electron chi connectivity index (χ2n) is 4.17. The number of rotatable bonds is 3. The number of nitrogens with one attached hydrogen (secondary N) is 1. The third kappa shape index (κ3) is 2.07. The van der Waals surface area contributed by atoms with E-state index in [1.165, 1.54) is 13.4 Å². The fraction of sp³-hybridized carbons (Fsp3) is 0.0714. The number of nitrogens with two attached hydrogens (primary N) is 1. The Hall–Kier alpha value is -2.89. The average molecular weight is 267 g/mol. The molecule has 0 amide bonds. The molecule has 0 saturated heterocycles. The van der Waals surface area contributed by atoms with Crippen molar-refractivity contribution < 1.29 is 4.74 Å². The second-order valence-corrected chi connectivity index (χ2v) is 4.17. The summed E-state index contributed by atoms with van der Waals surface area (Å²) < 4.78 is 5.23. The van der Waals surface area contributed by atoms with Gasteiger partial charge in [-0.2, -0.15) is 0 Å². The lowest BCUT2D eigenvalue weighted by Gasteiger charge is -2.12. The van der Waals surface area contributed by atoms with Gasteiger partial charge >= 0.3 is 0 Å². The van der Waals surface area contributed by atoms with Crippen LogP contribution < -0.4 is 15.8 Å². The number of ether oxygens (including phenoxy) is 1. The van der Waals surface area contributed by atoms with Crippen LogP contribution in [0.15, 0.2) is 43.0 Å². The zero-order chi connectivity index (χ0) is 13.9. The van der Waals surface area contributed by atoms with Crippen LogP contribution in [-0.2, 0) is 0 Å². The largest absolute Gasteiger partial charge is 0.490 e. The van der Waals surface area contributed by atoms with Gasteiger partial charge in [0.2, 0.25) is 5.75 Å². The van der Waals surface area contributed by atoms with E-state index in [0.717, 1.165) is 16.5 Å². The highest BCUT2D eigenvalue weighted by atomic mass is 16.5. The van der Waals surface area contributed by atoms with Gasteiger partial charge < -0.3 is 15.8 Å². The Kier molecular flexibility index (Phi) is 3.04. The molecular weight excluding hydrogens is 254 g/mol. The SMILES string of the molecule is COc1c(N)ncnc1Nc1cccc2ccncc12. The van der Waals surface area contributed by atoms with Crippen molar-refractivity contribution >= 4 is 28.1 Å². The van der Waals surface area contributed by atoms with Crippen LogP contribution in [-0.4, -0.2) is 22.1 Å². The predicted octanol–water partition coefficient (Wildman–Crippen LogP) is 2.36. The van der Waals surface area contributed by atoms with Gasteiger partial charge in [0.1, 0.15) is 6.33 Å². The summed E-state index contributed by atoms with van der Waals surface area (Å²) in [6.45, 7) is 0. The highest BCUT2D eigenvalue weighted by molar-refractivity contribution is 5.94. The van der Waals surface area contributed by atoms with E-state index < -0.39 is 0 Å². The third-order valence-electron chi connectivity index (χ3n) is 2.97. The Morgan fingerprint density at radius 2 is 2.10 bits per heavy atom. The molecule has 1 aromatic carbocycles. The molecule has 2 aromatic heterocycles. The van der Waals surface area contributed by atoms with Crippen molar-refractivity contribution in [1.82, 2.24) is 15.0 Å². The molecule has 0 saturated carbocycles. The van der Waals surface area contributed by atoms with Crippen molar-refractivity contribution in [3.8, 4) is 5.75 Å². The number of nitrogens with zero attached hydrogens (tertiary/aromatic N) is 3. The molecule has 0 atom stereocenters. The van der Waals surface area contributed by atoms with Crippen molar-refractivity contribution in [3.05, 3.63) is 43.0 Å². The fourth-order valence-electron chi connectivity index (χ4n) is 2.03. The molecule has 3 rings (SSSR count). The van der Waals surface area contributed by atoms with Crippen LogP contribution in [0.3, 0.4) is 0 Å². The topological polar surface area (TPSA) is 86.0 Å². The van der Waals surface area contributed by atoms with Crippen LogP contribution in [0.5, 0.6) is 5.75 Å². The smallest absolute Gasteiger partial charge is 0.204 e. The molecule has 100 valence electrons. The summed E-state index contributed by atoms with van der Waals surface area (Å²) in [5, 5.41) is 5.29. The quantitative estimate of drug-likeness (QED) is 0.757. The standard InChI is InChI=1S/C14H13N5O/c1-20-12-13(15)17-8-18-14(12)19-11-4-2-3-9-5-6-16-7-10(9)11/h2-8H,1H3,(H3,15,17,18,19). The Balaban J connectivity index is 2.08. The summed E-state index contributed by atoms with van der Waals surface area (Å²) in [6.07, 6.45) is 4.95. The van der Waals surface area contributed by atoms with Gasteiger partial charge in [0.25, 0.3) is 0 Å². The van der Waals surface area contributed by atoms with Gasteiger partial charge in [0, 0.05) is 23.5 Å². The number of methoxy groups -OCH3 is 1. The van der Waals surface area contributed by atoms with Crippen molar-refractivity contribution in [2.75, 3.05) is 18.2 Å². The van der Waals surface area contributed by atoms with Crippen molar-refractivity contribution in [3.63, 3.8) is 0 Å². The van der Waals surface area contributed by atoms with Crippen LogP contribution in [0.1, 0.15) is 0 Å². The van der Waals surface area contributed by atoms with Crippen molar-refractivity contribution in [1.29, 1.82) is 0 Å². The van der Waals surface area contributed by atoms with Crippen molar-refractivity contribution in [2.24, 2.45) is 0 Å². The maximum absolute atomic E-state index is 5.77. The molecule has 0 bridgehead atoms. The first-order valence-electron chi connectivity index (χ1n) is 6.04. The minimum atomic E-state index is 0.295. The van der Waals surface area contributed by atoms with Crippen LogP contribution in [0.25, 0.3) is 10.8 Å². The van der Waals surface area contributed by atoms with Crippen LogP contribution >= 0.6 is 0 Å².